The maximum absolute atomic E-state index is 14.4. The lowest BCUT2D eigenvalue weighted by atomic mass is 10.1. The SMILES string of the molecule is CCN(CC)Cc1ccc(CNC(=O)c2ccc(F)c(S(=O)(=O)N3CCCCC3)c2)cc1. The van der Waals surface area contributed by atoms with Gasteiger partial charge in [-0.3, -0.25) is 9.69 Å². The zero-order valence-corrected chi connectivity index (χ0v) is 19.6. The highest BCUT2D eigenvalue weighted by Gasteiger charge is 2.29. The Morgan fingerprint density at radius 1 is 1.00 bits per heavy atom. The van der Waals surface area contributed by atoms with E-state index < -0.39 is 26.6 Å². The quantitative estimate of drug-likeness (QED) is 0.617. The molecule has 1 aliphatic heterocycles. The fourth-order valence-corrected chi connectivity index (χ4v) is 5.45. The normalized spacial score (nSPS) is 15.1. The first kappa shape index (κ1) is 24.4. The van der Waals surface area contributed by atoms with Gasteiger partial charge in [-0.15, -0.1) is 0 Å². The lowest BCUT2D eigenvalue weighted by molar-refractivity contribution is 0.0950. The molecule has 0 atom stereocenters. The highest BCUT2D eigenvalue weighted by molar-refractivity contribution is 7.89. The van der Waals surface area contributed by atoms with E-state index in [1.54, 1.807) is 0 Å². The summed E-state index contributed by atoms with van der Waals surface area (Å²) >= 11 is 0. The second-order valence-electron chi connectivity index (χ2n) is 8.07. The minimum atomic E-state index is -3.96. The first-order valence-corrected chi connectivity index (χ1v) is 12.7. The number of benzene rings is 2. The molecule has 1 N–H and O–H groups in total. The van der Waals surface area contributed by atoms with Crippen LogP contribution in [0.3, 0.4) is 0 Å². The third-order valence-corrected chi connectivity index (χ3v) is 7.82. The Hall–Kier alpha value is -2.29. The number of halogens is 1. The average molecular weight is 462 g/mol. The van der Waals surface area contributed by atoms with Crippen molar-refractivity contribution in [2.45, 2.75) is 51.1 Å². The molecule has 1 fully saturated rings. The van der Waals surface area contributed by atoms with Crippen LogP contribution in [0.25, 0.3) is 0 Å². The molecule has 1 amide bonds. The predicted molar refractivity (Wildman–Crippen MR) is 123 cm³/mol. The largest absolute Gasteiger partial charge is 0.348 e. The monoisotopic (exact) mass is 461 g/mol. The second-order valence-corrected chi connectivity index (χ2v) is 9.98. The van der Waals surface area contributed by atoms with E-state index in [0.29, 0.717) is 19.6 Å². The van der Waals surface area contributed by atoms with E-state index in [9.17, 15) is 17.6 Å². The fourth-order valence-electron chi connectivity index (χ4n) is 3.84. The number of hydrogen-bond acceptors (Lipinski definition) is 4. The molecule has 0 radical (unpaired) electrons. The van der Waals surface area contributed by atoms with E-state index in [2.05, 4.69) is 24.1 Å². The standard InChI is InChI=1S/C24H32FN3O3S/c1-3-27(4-2)18-20-10-8-19(9-11-20)17-26-24(29)21-12-13-22(25)23(16-21)32(30,31)28-14-6-5-7-15-28/h8-13,16H,3-7,14-15,17-18H2,1-2H3,(H,26,29). The number of nitrogens with zero attached hydrogens (tertiary/aromatic N) is 2. The van der Waals surface area contributed by atoms with Crippen molar-refractivity contribution in [2.75, 3.05) is 26.2 Å². The van der Waals surface area contributed by atoms with Gasteiger partial charge < -0.3 is 5.32 Å². The van der Waals surface area contributed by atoms with Crippen molar-refractivity contribution < 1.29 is 17.6 Å². The van der Waals surface area contributed by atoms with Crippen molar-refractivity contribution in [3.8, 4) is 0 Å². The first-order valence-electron chi connectivity index (χ1n) is 11.2. The molecule has 1 heterocycles. The predicted octanol–water partition coefficient (Wildman–Crippen LogP) is 3.77. The van der Waals surface area contributed by atoms with Gasteiger partial charge >= 0.3 is 0 Å². The lowest BCUT2D eigenvalue weighted by Gasteiger charge is -2.26. The molecule has 2 aromatic carbocycles. The number of piperidine rings is 1. The molecule has 0 aliphatic carbocycles. The van der Waals surface area contributed by atoms with E-state index in [1.807, 2.05) is 24.3 Å². The number of nitrogens with one attached hydrogen (secondary N) is 1. The highest BCUT2D eigenvalue weighted by Crippen LogP contribution is 2.24. The zero-order chi connectivity index (χ0) is 23.1. The lowest BCUT2D eigenvalue weighted by Crippen LogP contribution is -2.36. The summed E-state index contributed by atoms with van der Waals surface area (Å²) in [6.45, 7) is 8.17. The number of hydrogen-bond donors (Lipinski definition) is 1. The van der Waals surface area contributed by atoms with Crippen molar-refractivity contribution in [1.82, 2.24) is 14.5 Å². The van der Waals surface area contributed by atoms with Crippen LogP contribution in [-0.2, 0) is 23.1 Å². The molecule has 8 heteroatoms. The van der Waals surface area contributed by atoms with E-state index in [4.69, 9.17) is 0 Å². The molecule has 0 bridgehead atoms. The second kappa shape index (κ2) is 11.0. The molecule has 1 aliphatic rings. The molecule has 0 unspecified atom stereocenters. The Morgan fingerprint density at radius 2 is 1.62 bits per heavy atom. The zero-order valence-electron chi connectivity index (χ0n) is 18.8. The molecular formula is C24H32FN3O3S. The van der Waals surface area contributed by atoms with Gasteiger partial charge in [0, 0.05) is 31.7 Å². The molecule has 1 saturated heterocycles. The maximum atomic E-state index is 14.4. The Labute approximate surface area is 190 Å². The summed E-state index contributed by atoms with van der Waals surface area (Å²) in [5, 5.41) is 2.80. The Morgan fingerprint density at radius 3 is 2.25 bits per heavy atom. The van der Waals surface area contributed by atoms with E-state index in [1.165, 1.54) is 15.9 Å². The molecule has 0 saturated carbocycles. The topological polar surface area (TPSA) is 69.7 Å². The van der Waals surface area contributed by atoms with Gasteiger partial charge in [-0.05, 0) is 55.3 Å². The summed E-state index contributed by atoms with van der Waals surface area (Å²) in [5.41, 5.74) is 2.26. The van der Waals surface area contributed by atoms with Crippen LogP contribution in [0.2, 0.25) is 0 Å². The van der Waals surface area contributed by atoms with Crippen molar-refractivity contribution in [3.05, 3.63) is 65.0 Å². The molecule has 32 heavy (non-hydrogen) atoms. The van der Waals surface area contributed by atoms with Crippen LogP contribution in [0.1, 0.15) is 54.6 Å². The summed E-state index contributed by atoms with van der Waals surface area (Å²) in [6.07, 6.45) is 2.48. The maximum Gasteiger partial charge on any atom is 0.251 e. The molecule has 174 valence electrons. The van der Waals surface area contributed by atoms with E-state index >= 15 is 0 Å². The summed E-state index contributed by atoms with van der Waals surface area (Å²) in [6, 6.07) is 11.5. The van der Waals surface area contributed by atoms with Crippen LogP contribution in [0.15, 0.2) is 47.4 Å². The van der Waals surface area contributed by atoms with Gasteiger partial charge in [0.2, 0.25) is 10.0 Å². The Kier molecular flexibility index (Phi) is 8.39. The van der Waals surface area contributed by atoms with Crippen LogP contribution in [0.4, 0.5) is 4.39 Å². The van der Waals surface area contributed by atoms with Gasteiger partial charge in [-0.2, -0.15) is 4.31 Å². The molecule has 0 spiro atoms. The Bertz CT molecular complexity index is 1020. The van der Waals surface area contributed by atoms with Gasteiger partial charge in [0.15, 0.2) is 0 Å². The smallest absolute Gasteiger partial charge is 0.251 e. The van der Waals surface area contributed by atoms with Crippen molar-refractivity contribution in [3.63, 3.8) is 0 Å². The van der Waals surface area contributed by atoms with Gasteiger partial charge in [0.05, 0.1) is 0 Å². The fraction of sp³-hybridized carbons (Fsp3) is 0.458. The third kappa shape index (κ3) is 5.94. The summed E-state index contributed by atoms with van der Waals surface area (Å²) in [4.78, 5) is 14.5. The highest BCUT2D eigenvalue weighted by atomic mass is 32.2. The molecular weight excluding hydrogens is 429 g/mol. The number of sulfonamides is 1. The van der Waals surface area contributed by atoms with E-state index in [-0.39, 0.29) is 5.56 Å². The van der Waals surface area contributed by atoms with Crippen molar-refractivity contribution in [1.29, 1.82) is 0 Å². The summed E-state index contributed by atoms with van der Waals surface area (Å²) < 4.78 is 41.4. The average Bonchev–Trinajstić information content (AvgIpc) is 2.82. The molecule has 6 nitrogen and oxygen atoms in total. The number of carbonyl (C=O) groups excluding carboxylic acids is 1. The van der Waals surface area contributed by atoms with Gasteiger partial charge in [-0.25, -0.2) is 12.8 Å². The minimum Gasteiger partial charge on any atom is -0.348 e. The molecule has 3 rings (SSSR count). The molecule has 0 aromatic heterocycles. The van der Waals surface area contributed by atoms with Crippen LogP contribution < -0.4 is 5.32 Å². The number of amides is 1. The third-order valence-electron chi connectivity index (χ3n) is 5.90. The van der Waals surface area contributed by atoms with Crippen LogP contribution >= 0.6 is 0 Å². The van der Waals surface area contributed by atoms with Crippen molar-refractivity contribution >= 4 is 15.9 Å². The summed E-state index contributed by atoms with van der Waals surface area (Å²) in [5.74, 6) is -1.27. The van der Waals surface area contributed by atoms with Gasteiger partial charge in [-0.1, -0.05) is 44.5 Å². The van der Waals surface area contributed by atoms with E-state index in [0.717, 1.165) is 56.6 Å². The van der Waals surface area contributed by atoms with Crippen LogP contribution in [0.5, 0.6) is 0 Å². The number of rotatable bonds is 9. The Balaban J connectivity index is 1.66. The first-order chi connectivity index (χ1) is 15.3. The number of carbonyl (C=O) groups is 1. The van der Waals surface area contributed by atoms with Crippen molar-refractivity contribution in [2.24, 2.45) is 0 Å². The molecule has 2 aromatic rings. The summed E-state index contributed by atoms with van der Waals surface area (Å²) in [7, 11) is -3.96. The minimum absolute atomic E-state index is 0.125. The van der Waals surface area contributed by atoms with Gasteiger partial charge in [0.1, 0.15) is 10.7 Å². The van der Waals surface area contributed by atoms with Crippen LogP contribution in [-0.4, -0.2) is 49.7 Å². The van der Waals surface area contributed by atoms with Crippen LogP contribution in [0, 0.1) is 5.82 Å². The van der Waals surface area contributed by atoms with Gasteiger partial charge in [0.25, 0.3) is 5.91 Å².